The number of hydrogen-bond donors (Lipinski definition) is 1. The normalized spacial score (nSPS) is 41.4. The summed E-state index contributed by atoms with van der Waals surface area (Å²) in [5.41, 5.74) is 0.404. The first-order valence-electron chi connectivity index (χ1n) is 6.97. The first-order chi connectivity index (χ1) is 7.75. The van der Waals surface area contributed by atoms with E-state index >= 15 is 0 Å². The van der Waals surface area contributed by atoms with Crippen LogP contribution in [0.4, 0.5) is 0 Å². The Hall–Kier alpha value is -0.120. The van der Waals surface area contributed by atoms with Crippen molar-refractivity contribution in [2.45, 2.75) is 44.2 Å². The van der Waals surface area contributed by atoms with E-state index in [9.17, 15) is 0 Å². The van der Waals surface area contributed by atoms with Gasteiger partial charge in [0, 0.05) is 37.8 Å². The molecule has 3 rings (SSSR count). The van der Waals surface area contributed by atoms with Crippen molar-refractivity contribution >= 4 is 0 Å². The molecular formula is C13H25N3. The van der Waals surface area contributed by atoms with Gasteiger partial charge < -0.3 is 5.32 Å². The molecule has 0 aromatic rings. The summed E-state index contributed by atoms with van der Waals surface area (Å²) in [5.74, 6) is 0. The fraction of sp³-hybridized carbons (Fsp3) is 1.00. The molecule has 2 unspecified atom stereocenters. The van der Waals surface area contributed by atoms with E-state index < -0.39 is 0 Å². The Morgan fingerprint density at radius 2 is 2.19 bits per heavy atom. The summed E-state index contributed by atoms with van der Waals surface area (Å²) in [6.45, 7) is 10.2. The van der Waals surface area contributed by atoms with E-state index in [2.05, 4.69) is 22.0 Å². The lowest BCUT2D eigenvalue weighted by atomic mass is 9.98. The average Bonchev–Trinajstić information content (AvgIpc) is 2.86. The second kappa shape index (κ2) is 4.28. The number of fused-ring (bicyclic) bond motifs is 1. The van der Waals surface area contributed by atoms with Crippen LogP contribution in [0.2, 0.25) is 0 Å². The molecule has 0 spiro atoms. The van der Waals surface area contributed by atoms with Crippen LogP contribution in [0.15, 0.2) is 0 Å². The van der Waals surface area contributed by atoms with Gasteiger partial charge in [-0.2, -0.15) is 0 Å². The Morgan fingerprint density at radius 1 is 1.25 bits per heavy atom. The molecule has 0 aromatic carbocycles. The van der Waals surface area contributed by atoms with Crippen molar-refractivity contribution in [2.75, 3.05) is 39.3 Å². The Labute approximate surface area is 99.2 Å². The van der Waals surface area contributed by atoms with Crippen molar-refractivity contribution < 1.29 is 0 Å². The molecule has 0 aliphatic carbocycles. The molecule has 3 aliphatic rings. The van der Waals surface area contributed by atoms with Gasteiger partial charge in [0.05, 0.1) is 0 Å². The van der Waals surface area contributed by atoms with Crippen LogP contribution >= 0.6 is 0 Å². The van der Waals surface area contributed by atoms with Crippen molar-refractivity contribution in [3.05, 3.63) is 0 Å². The molecule has 0 aromatic heterocycles. The van der Waals surface area contributed by atoms with Crippen LogP contribution < -0.4 is 5.32 Å². The largest absolute Gasteiger partial charge is 0.310 e. The Bertz CT molecular complexity index is 248. The number of piperazine rings is 1. The predicted octanol–water partition coefficient (Wildman–Crippen LogP) is 0.908. The summed E-state index contributed by atoms with van der Waals surface area (Å²) in [7, 11) is 0. The first kappa shape index (κ1) is 11.0. The molecule has 92 valence electrons. The lowest BCUT2D eigenvalue weighted by Gasteiger charge is -2.41. The second-order valence-electron chi connectivity index (χ2n) is 6.16. The molecule has 3 saturated heterocycles. The fourth-order valence-electron chi connectivity index (χ4n) is 3.78. The number of rotatable bonds is 2. The van der Waals surface area contributed by atoms with Gasteiger partial charge in [-0.3, -0.25) is 9.80 Å². The van der Waals surface area contributed by atoms with Crippen LogP contribution in [-0.4, -0.2) is 60.6 Å². The lowest BCUT2D eigenvalue weighted by molar-refractivity contribution is 0.0847. The van der Waals surface area contributed by atoms with Crippen molar-refractivity contribution in [3.8, 4) is 0 Å². The number of hydrogen-bond acceptors (Lipinski definition) is 3. The van der Waals surface area contributed by atoms with Crippen molar-refractivity contribution in [1.82, 2.24) is 15.1 Å². The molecule has 1 N–H and O–H groups in total. The first-order valence-corrected chi connectivity index (χ1v) is 6.97. The highest BCUT2D eigenvalue weighted by molar-refractivity contribution is 4.94. The predicted molar refractivity (Wildman–Crippen MR) is 66.7 cm³/mol. The Morgan fingerprint density at radius 3 is 3.00 bits per heavy atom. The van der Waals surface area contributed by atoms with Crippen molar-refractivity contribution in [3.63, 3.8) is 0 Å². The summed E-state index contributed by atoms with van der Waals surface area (Å²) in [6.07, 6.45) is 5.58. The topological polar surface area (TPSA) is 18.5 Å². The van der Waals surface area contributed by atoms with Gasteiger partial charge in [0.15, 0.2) is 0 Å². The summed E-state index contributed by atoms with van der Waals surface area (Å²) >= 11 is 0. The van der Waals surface area contributed by atoms with Gasteiger partial charge in [0.25, 0.3) is 0 Å². The summed E-state index contributed by atoms with van der Waals surface area (Å²) in [4.78, 5) is 5.39. The molecule has 3 nitrogen and oxygen atoms in total. The molecular weight excluding hydrogens is 198 g/mol. The summed E-state index contributed by atoms with van der Waals surface area (Å²) in [5, 5.41) is 3.68. The van der Waals surface area contributed by atoms with E-state index in [1.807, 2.05) is 0 Å². The van der Waals surface area contributed by atoms with Gasteiger partial charge in [0.1, 0.15) is 0 Å². The third kappa shape index (κ3) is 2.13. The van der Waals surface area contributed by atoms with Crippen LogP contribution in [0.5, 0.6) is 0 Å². The molecule has 0 amide bonds. The minimum atomic E-state index is 0.404. The highest BCUT2D eigenvalue weighted by Crippen LogP contribution is 2.25. The smallest absolute Gasteiger partial charge is 0.0280 e. The number of nitrogens with zero attached hydrogens (tertiary/aromatic N) is 2. The fourth-order valence-corrected chi connectivity index (χ4v) is 3.78. The van der Waals surface area contributed by atoms with E-state index in [-0.39, 0.29) is 0 Å². The maximum absolute atomic E-state index is 3.68. The standard InChI is InChI=1S/C13H25N3/c1-13(5-3-6-14-13)11-15-8-9-16-7-2-4-12(16)10-15/h12,14H,2-11H2,1H3. The Balaban J connectivity index is 1.56. The van der Waals surface area contributed by atoms with Gasteiger partial charge in [0.2, 0.25) is 0 Å². The van der Waals surface area contributed by atoms with E-state index in [0.717, 1.165) is 6.04 Å². The van der Waals surface area contributed by atoms with E-state index in [4.69, 9.17) is 0 Å². The molecule has 3 heterocycles. The van der Waals surface area contributed by atoms with Gasteiger partial charge >= 0.3 is 0 Å². The van der Waals surface area contributed by atoms with E-state index in [1.54, 1.807) is 0 Å². The van der Waals surface area contributed by atoms with Gasteiger partial charge in [-0.25, -0.2) is 0 Å². The van der Waals surface area contributed by atoms with Crippen LogP contribution in [0, 0.1) is 0 Å². The summed E-state index contributed by atoms with van der Waals surface area (Å²) < 4.78 is 0. The zero-order valence-electron chi connectivity index (χ0n) is 10.5. The molecule has 0 radical (unpaired) electrons. The lowest BCUT2D eigenvalue weighted by Crippen LogP contribution is -2.55. The molecule has 0 bridgehead atoms. The second-order valence-corrected chi connectivity index (χ2v) is 6.16. The minimum Gasteiger partial charge on any atom is -0.310 e. The summed E-state index contributed by atoms with van der Waals surface area (Å²) in [6, 6.07) is 0.874. The number of nitrogens with one attached hydrogen (secondary N) is 1. The van der Waals surface area contributed by atoms with Gasteiger partial charge in [-0.15, -0.1) is 0 Å². The molecule has 2 atom stereocenters. The minimum absolute atomic E-state index is 0.404. The van der Waals surface area contributed by atoms with Crippen molar-refractivity contribution in [1.29, 1.82) is 0 Å². The third-order valence-corrected chi connectivity index (χ3v) is 4.70. The SMILES string of the molecule is CC1(CN2CCN3CCCC3C2)CCCN1. The van der Waals surface area contributed by atoms with Gasteiger partial charge in [-0.1, -0.05) is 0 Å². The molecule has 3 aliphatic heterocycles. The van der Waals surface area contributed by atoms with Crippen molar-refractivity contribution in [2.24, 2.45) is 0 Å². The van der Waals surface area contributed by atoms with Crippen LogP contribution in [0.3, 0.4) is 0 Å². The van der Waals surface area contributed by atoms with Crippen LogP contribution in [0.25, 0.3) is 0 Å². The van der Waals surface area contributed by atoms with E-state index in [0.29, 0.717) is 5.54 Å². The Kier molecular flexibility index (Phi) is 2.94. The average molecular weight is 223 g/mol. The van der Waals surface area contributed by atoms with E-state index in [1.165, 1.54) is 65.0 Å². The maximum Gasteiger partial charge on any atom is 0.0280 e. The zero-order chi connectivity index (χ0) is 11.0. The quantitative estimate of drug-likeness (QED) is 0.751. The molecule has 16 heavy (non-hydrogen) atoms. The van der Waals surface area contributed by atoms with Gasteiger partial charge in [-0.05, 0) is 45.7 Å². The highest BCUT2D eigenvalue weighted by atomic mass is 15.3. The molecule has 3 heteroatoms. The zero-order valence-corrected chi connectivity index (χ0v) is 10.5. The monoisotopic (exact) mass is 223 g/mol. The molecule has 0 saturated carbocycles. The van der Waals surface area contributed by atoms with Crippen LogP contribution in [0.1, 0.15) is 32.6 Å². The van der Waals surface area contributed by atoms with Crippen LogP contribution in [-0.2, 0) is 0 Å². The maximum atomic E-state index is 3.68. The molecule has 3 fully saturated rings. The highest BCUT2D eigenvalue weighted by Gasteiger charge is 2.35. The third-order valence-electron chi connectivity index (χ3n) is 4.70.